The van der Waals surface area contributed by atoms with Gasteiger partial charge in [0.1, 0.15) is 22.9 Å². The Morgan fingerprint density at radius 3 is 2.62 bits per heavy atom. The van der Waals surface area contributed by atoms with E-state index in [1.165, 1.54) is 0 Å². The van der Waals surface area contributed by atoms with Gasteiger partial charge in [-0.3, -0.25) is 9.20 Å². The van der Waals surface area contributed by atoms with Crippen molar-refractivity contribution in [3.8, 4) is 11.4 Å². The van der Waals surface area contributed by atoms with Crippen LogP contribution in [-0.4, -0.2) is 43.2 Å². The number of nitrogens with one attached hydrogen (secondary N) is 1. The fourth-order valence-corrected chi connectivity index (χ4v) is 5.14. The molecule has 1 aliphatic rings. The summed E-state index contributed by atoms with van der Waals surface area (Å²) in [5.74, 6) is 1.72. The number of hydrogen-bond donors (Lipinski definition) is 2. The second-order valence-corrected chi connectivity index (χ2v) is 9.61. The zero-order chi connectivity index (χ0) is 23.2. The van der Waals surface area contributed by atoms with Crippen LogP contribution >= 0.6 is 15.9 Å². The number of halogens is 1. The molecule has 1 amide bonds. The van der Waals surface area contributed by atoms with Crippen molar-refractivity contribution in [2.24, 2.45) is 0 Å². The SMILES string of the molecule is Nc1nccn2c(C3CCN(C(=O)c4ccc(Br)cc4)CC3)nc(-c3cc4ccccc4[nH]3)c12. The van der Waals surface area contributed by atoms with E-state index in [0.717, 1.165) is 50.9 Å². The second kappa shape index (κ2) is 8.29. The molecule has 7 nitrogen and oxygen atoms in total. The van der Waals surface area contributed by atoms with E-state index in [1.807, 2.05) is 47.5 Å². The van der Waals surface area contributed by atoms with E-state index in [0.29, 0.717) is 24.5 Å². The van der Waals surface area contributed by atoms with Gasteiger partial charge in [0, 0.05) is 52.3 Å². The molecule has 8 heteroatoms. The van der Waals surface area contributed by atoms with E-state index in [2.05, 4.69) is 48.5 Å². The van der Waals surface area contributed by atoms with Gasteiger partial charge in [0.15, 0.2) is 0 Å². The molecule has 0 atom stereocenters. The van der Waals surface area contributed by atoms with E-state index < -0.39 is 0 Å². The maximum absolute atomic E-state index is 12.9. The quantitative estimate of drug-likeness (QED) is 0.344. The van der Waals surface area contributed by atoms with Crippen molar-refractivity contribution in [2.75, 3.05) is 18.8 Å². The van der Waals surface area contributed by atoms with Crippen LogP contribution in [0.15, 0.2) is 71.5 Å². The molecule has 2 aromatic carbocycles. The number of nitrogens with zero attached hydrogens (tertiary/aromatic N) is 4. The first-order valence-electron chi connectivity index (χ1n) is 11.3. The Morgan fingerprint density at radius 1 is 1.09 bits per heavy atom. The maximum Gasteiger partial charge on any atom is 0.253 e. The predicted octanol–water partition coefficient (Wildman–Crippen LogP) is 5.24. The van der Waals surface area contributed by atoms with Gasteiger partial charge in [0.05, 0.1) is 5.69 Å². The number of aromatic nitrogens is 4. The largest absolute Gasteiger partial charge is 0.382 e. The molecule has 0 unspecified atom stereocenters. The summed E-state index contributed by atoms with van der Waals surface area (Å²) in [4.78, 5) is 27.8. The summed E-state index contributed by atoms with van der Waals surface area (Å²) in [5.41, 5.74) is 10.7. The number of rotatable bonds is 3. The number of benzene rings is 2. The minimum atomic E-state index is 0.0751. The molecule has 3 N–H and O–H groups in total. The molecule has 34 heavy (non-hydrogen) atoms. The van der Waals surface area contributed by atoms with Gasteiger partial charge in [-0.05, 0) is 49.2 Å². The fraction of sp³-hybridized carbons (Fsp3) is 0.192. The lowest BCUT2D eigenvalue weighted by Gasteiger charge is -2.31. The number of likely N-dealkylation sites (tertiary alicyclic amines) is 1. The lowest BCUT2D eigenvalue weighted by Crippen LogP contribution is -2.38. The number of aromatic amines is 1. The van der Waals surface area contributed by atoms with Gasteiger partial charge in [0.25, 0.3) is 5.91 Å². The van der Waals surface area contributed by atoms with Gasteiger partial charge in [-0.15, -0.1) is 0 Å². The van der Waals surface area contributed by atoms with Crippen molar-refractivity contribution in [1.29, 1.82) is 0 Å². The fourth-order valence-electron chi connectivity index (χ4n) is 4.88. The van der Waals surface area contributed by atoms with Gasteiger partial charge in [-0.2, -0.15) is 0 Å². The molecule has 170 valence electrons. The van der Waals surface area contributed by atoms with E-state index in [1.54, 1.807) is 6.20 Å². The number of nitrogens with two attached hydrogens (primary N) is 1. The van der Waals surface area contributed by atoms with Gasteiger partial charge < -0.3 is 15.6 Å². The van der Waals surface area contributed by atoms with E-state index in [-0.39, 0.29) is 11.8 Å². The Morgan fingerprint density at radius 2 is 1.85 bits per heavy atom. The molecule has 3 aromatic heterocycles. The van der Waals surface area contributed by atoms with Crippen LogP contribution in [0.25, 0.3) is 27.8 Å². The number of piperidine rings is 1. The number of amides is 1. The third-order valence-corrected chi connectivity index (χ3v) is 7.16. The molecule has 5 aromatic rings. The predicted molar refractivity (Wildman–Crippen MR) is 137 cm³/mol. The molecule has 1 fully saturated rings. The molecule has 4 heterocycles. The number of nitrogen functional groups attached to an aromatic ring is 1. The smallest absolute Gasteiger partial charge is 0.253 e. The number of fused-ring (bicyclic) bond motifs is 2. The number of hydrogen-bond acceptors (Lipinski definition) is 4. The molecule has 0 spiro atoms. The van der Waals surface area contributed by atoms with Gasteiger partial charge in [-0.1, -0.05) is 34.1 Å². The lowest BCUT2D eigenvalue weighted by atomic mass is 9.95. The average molecular weight is 515 g/mol. The van der Waals surface area contributed by atoms with Gasteiger partial charge in [0.2, 0.25) is 0 Å². The Balaban J connectivity index is 1.31. The van der Waals surface area contributed by atoms with Crippen LogP contribution in [0, 0.1) is 0 Å². The highest BCUT2D eigenvalue weighted by Crippen LogP contribution is 2.35. The zero-order valence-electron chi connectivity index (χ0n) is 18.4. The van der Waals surface area contributed by atoms with Gasteiger partial charge in [-0.25, -0.2) is 9.97 Å². The molecular weight excluding hydrogens is 492 g/mol. The minimum Gasteiger partial charge on any atom is -0.382 e. The monoisotopic (exact) mass is 514 g/mol. The average Bonchev–Trinajstić information content (AvgIpc) is 3.47. The van der Waals surface area contributed by atoms with Crippen molar-refractivity contribution in [3.05, 3.63) is 82.9 Å². The number of imidazole rings is 1. The molecule has 6 rings (SSSR count). The molecule has 1 saturated heterocycles. The molecule has 0 radical (unpaired) electrons. The summed E-state index contributed by atoms with van der Waals surface area (Å²) in [6.07, 6.45) is 5.33. The molecule has 0 aliphatic carbocycles. The van der Waals surface area contributed by atoms with E-state index in [4.69, 9.17) is 10.7 Å². The number of carbonyl (C=O) groups excluding carboxylic acids is 1. The van der Waals surface area contributed by atoms with Crippen molar-refractivity contribution in [1.82, 2.24) is 24.3 Å². The summed E-state index contributed by atoms with van der Waals surface area (Å²) in [6, 6.07) is 17.8. The summed E-state index contributed by atoms with van der Waals surface area (Å²) in [5, 5.41) is 1.13. The Hall–Kier alpha value is -3.65. The number of anilines is 1. The number of carbonyl (C=O) groups is 1. The van der Waals surface area contributed by atoms with E-state index >= 15 is 0 Å². The molecule has 0 saturated carbocycles. The summed E-state index contributed by atoms with van der Waals surface area (Å²) >= 11 is 3.43. The summed E-state index contributed by atoms with van der Waals surface area (Å²) in [7, 11) is 0. The third kappa shape index (κ3) is 3.54. The van der Waals surface area contributed by atoms with Crippen molar-refractivity contribution >= 4 is 44.1 Å². The van der Waals surface area contributed by atoms with Crippen LogP contribution in [0.2, 0.25) is 0 Å². The Bertz CT molecular complexity index is 1480. The van der Waals surface area contributed by atoms with Crippen molar-refractivity contribution in [3.63, 3.8) is 0 Å². The van der Waals surface area contributed by atoms with Gasteiger partial charge >= 0.3 is 0 Å². The topological polar surface area (TPSA) is 92.3 Å². The highest BCUT2D eigenvalue weighted by Gasteiger charge is 2.29. The maximum atomic E-state index is 12.9. The first-order valence-corrected chi connectivity index (χ1v) is 12.1. The van der Waals surface area contributed by atoms with E-state index in [9.17, 15) is 4.79 Å². The molecule has 1 aliphatic heterocycles. The summed E-state index contributed by atoms with van der Waals surface area (Å²) in [6.45, 7) is 1.38. The lowest BCUT2D eigenvalue weighted by molar-refractivity contribution is 0.0711. The standard InChI is InChI=1S/C26H23BrN6O/c27-19-7-5-17(6-8-19)26(34)32-12-9-16(10-13-32)25-31-22(23-24(28)29-11-14-33(23)25)21-15-18-3-1-2-4-20(18)30-21/h1-8,11,14-16,30H,9-10,12-13H2,(H2,28,29). The zero-order valence-corrected chi connectivity index (χ0v) is 20.0. The van der Waals surface area contributed by atoms with Crippen molar-refractivity contribution < 1.29 is 4.79 Å². The van der Waals surface area contributed by atoms with Crippen LogP contribution in [0.1, 0.15) is 34.9 Å². The molecule has 0 bridgehead atoms. The third-order valence-electron chi connectivity index (χ3n) is 6.63. The Kier molecular flexibility index (Phi) is 5.10. The van der Waals surface area contributed by atoms with Crippen LogP contribution in [0.3, 0.4) is 0 Å². The van der Waals surface area contributed by atoms with Crippen molar-refractivity contribution in [2.45, 2.75) is 18.8 Å². The number of H-pyrrole nitrogens is 1. The highest BCUT2D eigenvalue weighted by atomic mass is 79.9. The summed E-state index contributed by atoms with van der Waals surface area (Å²) < 4.78 is 3.04. The normalized spacial score (nSPS) is 14.8. The van der Waals surface area contributed by atoms with Crippen LogP contribution in [0.5, 0.6) is 0 Å². The van der Waals surface area contributed by atoms with Crippen LogP contribution in [-0.2, 0) is 0 Å². The second-order valence-electron chi connectivity index (χ2n) is 8.69. The molecular formula is C26H23BrN6O. The highest BCUT2D eigenvalue weighted by molar-refractivity contribution is 9.10. The first-order chi connectivity index (χ1) is 16.6. The van der Waals surface area contributed by atoms with Crippen LogP contribution in [0.4, 0.5) is 5.82 Å². The first kappa shape index (κ1) is 20.9. The number of para-hydroxylation sites is 1. The van der Waals surface area contributed by atoms with Crippen LogP contribution < -0.4 is 5.73 Å². The minimum absolute atomic E-state index is 0.0751. The Labute approximate surface area is 204 Å².